The summed E-state index contributed by atoms with van der Waals surface area (Å²) in [7, 11) is 0. The molecule has 0 unspecified atom stereocenters. The molecular formula is C16H15N2S+. The van der Waals surface area contributed by atoms with Crippen molar-refractivity contribution in [1.29, 1.82) is 0 Å². The minimum Gasteiger partial charge on any atom is -0.241 e. The average Bonchev–Trinajstić information content (AvgIpc) is 2.87. The predicted molar refractivity (Wildman–Crippen MR) is 78.0 cm³/mol. The van der Waals surface area contributed by atoms with Gasteiger partial charge in [0, 0.05) is 34.3 Å². The molecule has 0 amide bonds. The smallest absolute Gasteiger partial charge is 0.173 e. The van der Waals surface area contributed by atoms with E-state index < -0.39 is 0 Å². The Morgan fingerprint density at radius 1 is 1.05 bits per heavy atom. The molecule has 2 aromatic heterocycles. The van der Waals surface area contributed by atoms with Crippen LogP contribution in [0.3, 0.4) is 0 Å². The van der Waals surface area contributed by atoms with E-state index >= 15 is 0 Å². The quantitative estimate of drug-likeness (QED) is 0.664. The molecule has 3 heteroatoms. The van der Waals surface area contributed by atoms with Crippen molar-refractivity contribution >= 4 is 11.3 Å². The van der Waals surface area contributed by atoms with Crippen LogP contribution < -0.4 is 4.57 Å². The Morgan fingerprint density at radius 2 is 1.79 bits per heavy atom. The van der Waals surface area contributed by atoms with Gasteiger partial charge in [0.2, 0.25) is 0 Å². The molecule has 1 aromatic carbocycles. The maximum Gasteiger partial charge on any atom is 0.173 e. The zero-order valence-corrected chi connectivity index (χ0v) is 11.6. The topological polar surface area (TPSA) is 16.8 Å². The minimum atomic E-state index is 0.901. The third-order valence-corrected chi connectivity index (χ3v) is 3.97. The predicted octanol–water partition coefficient (Wildman–Crippen LogP) is 3.45. The van der Waals surface area contributed by atoms with Crippen LogP contribution in [-0.4, -0.2) is 4.98 Å². The van der Waals surface area contributed by atoms with Crippen molar-refractivity contribution < 1.29 is 4.57 Å². The number of hydrogen-bond donors (Lipinski definition) is 0. The zero-order valence-electron chi connectivity index (χ0n) is 10.8. The molecular weight excluding hydrogens is 252 g/mol. The summed E-state index contributed by atoms with van der Waals surface area (Å²) in [5.41, 5.74) is 3.58. The molecule has 2 heterocycles. The zero-order chi connectivity index (χ0) is 13.1. The summed E-state index contributed by atoms with van der Waals surface area (Å²) in [4.78, 5) is 4.50. The van der Waals surface area contributed by atoms with E-state index in [-0.39, 0.29) is 0 Å². The van der Waals surface area contributed by atoms with E-state index in [2.05, 4.69) is 63.7 Å². The standard InChI is InChI=1S/C16H15N2S/c1-13-12-19-16(17-13)15-7-9-18(10-8-15)11-14-5-3-2-4-6-14/h2-10,12H,11H2,1H3/q+1. The van der Waals surface area contributed by atoms with Crippen molar-refractivity contribution in [2.24, 2.45) is 0 Å². The second kappa shape index (κ2) is 5.33. The highest BCUT2D eigenvalue weighted by molar-refractivity contribution is 7.13. The van der Waals surface area contributed by atoms with Crippen LogP contribution >= 0.6 is 11.3 Å². The van der Waals surface area contributed by atoms with Crippen LogP contribution in [0.4, 0.5) is 0 Å². The van der Waals surface area contributed by atoms with Crippen LogP contribution in [0.15, 0.2) is 60.2 Å². The Labute approximate surface area is 117 Å². The van der Waals surface area contributed by atoms with Gasteiger partial charge in [0.05, 0.1) is 0 Å². The summed E-state index contributed by atoms with van der Waals surface area (Å²) < 4.78 is 2.18. The van der Waals surface area contributed by atoms with Crippen molar-refractivity contribution in [3.05, 3.63) is 71.5 Å². The molecule has 19 heavy (non-hydrogen) atoms. The molecule has 3 rings (SSSR count). The number of benzene rings is 1. The van der Waals surface area contributed by atoms with Crippen LogP contribution in [0.1, 0.15) is 11.3 Å². The van der Waals surface area contributed by atoms with Gasteiger partial charge in [0.25, 0.3) is 0 Å². The van der Waals surface area contributed by atoms with Crippen molar-refractivity contribution in [2.45, 2.75) is 13.5 Å². The number of pyridine rings is 1. The van der Waals surface area contributed by atoms with E-state index in [0.29, 0.717) is 0 Å². The lowest BCUT2D eigenvalue weighted by atomic mass is 10.2. The van der Waals surface area contributed by atoms with Crippen LogP contribution in [0.5, 0.6) is 0 Å². The van der Waals surface area contributed by atoms with E-state index in [4.69, 9.17) is 0 Å². The van der Waals surface area contributed by atoms with Crippen LogP contribution in [0.25, 0.3) is 10.6 Å². The first-order valence-electron chi connectivity index (χ1n) is 6.27. The van der Waals surface area contributed by atoms with Crippen LogP contribution in [0, 0.1) is 6.92 Å². The largest absolute Gasteiger partial charge is 0.241 e. The van der Waals surface area contributed by atoms with Gasteiger partial charge in [-0.25, -0.2) is 9.55 Å². The number of hydrogen-bond acceptors (Lipinski definition) is 2. The molecule has 0 aliphatic heterocycles. The Kier molecular flexibility index (Phi) is 3.38. The van der Waals surface area contributed by atoms with Crippen LogP contribution in [-0.2, 0) is 6.54 Å². The normalized spacial score (nSPS) is 10.6. The molecule has 0 bridgehead atoms. The van der Waals surface area contributed by atoms with Crippen molar-refractivity contribution in [2.75, 3.05) is 0 Å². The van der Waals surface area contributed by atoms with Gasteiger partial charge in [-0.3, -0.25) is 0 Å². The summed E-state index contributed by atoms with van der Waals surface area (Å²) in [6.45, 7) is 2.93. The third-order valence-electron chi connectivity index (χ3n) is 2.97. The van der Waals surface area contributed by atoms with Gasteiger partial charge in [-0.1, -0.05) is 30.3 Å². The number of nitrogens with zero attached hydrogens (tertiary/aromatic N) is 2. The van der Waals surface area contributed by atoms with Gasteiger partial charge < -0.3 is 0 Å². The molecule has 0 fully saturated rings. The van der Waals surface area contributed by atoms with Gasteiger partial charge in [-0.2, -0.15) is 0 Å². The van der Waals surface area contributed by atoms with Gasteiger partial charge in [-0.15, -0.1) is 11.3 Å². The highest BCUT2D eigenvalue weighted by Crippen LogP contribution is 2.21. The lowest BCUT2D eigenvalue weighted by molar-refractivity contribution is -0.688. The van der Waals surface area contributed by atoms with E-state index in [1.807, 2.05) is 13.0 Å². The van der Waals surface area contributed by atoms with Crippen molar-refractivity contribution in [3.63, 3.8) is 0 Å². The summed E-state index contributed by atoms with van der Waals surface area (Å²) in [6, 6.07) is 14.7. The molecule has 0 aliphatic carbocycles. The van der Waals surface area contributed by atoms with E-state index in [0.717, 1.165) is 17.2 Å². The molecule has 0 saturated carbocycles. The maximum atomic E-state index is 4.50. The van der Waals surface area contributed by atoms with Crippen LogP contribution in [0.2, 0.25) is 0 Å². The molecule has 0 N–H and O–H groups in total. The molecule has 0 radical (unpaired) electrons. The SMILES string of the molecule is Cc1csc(-c2cc[n+](Cc3ccccc3)cc2)n1. The summed E-state index contributed by atoms with van der Waals surface area (Å²) >= 11 is 1.69. The lowest BCUT2D eigenvalue weighted by Crippen LogP contribution is -2.32. The first-order valence-corrected chi connectivity index (χ1v) is 7.15. The average molecular weight is 267 g/mol. The highest BCUT2D eigenvalue weighted by atomic mass is 32.1. The van der Waals surface area contributed by atoms with Crippen molar-refractivity contribution in [3.8, 4) is 10.6 Å². The minimum absolute atomic E-state index is 0.901. The van der Waals surface area contributed by atoms with E-state index in [1.54, 1.807) is 11.3 Å². The second-order valence-corrected chi connectivity index (χ2v) is 5.40. The van der Waals surface area contributed by atoms with Gasteiger partial charge in [0.15, 0.2) is 18.9 Å². The fraction of sp³-hybridized carbons (Fsp3) is 0.125. The van der Waals surface area contributed by atoms with Gasteiger partial charge >= 0.3 is 0 Å². The third kappa shape index (κ3) is 2.88. The molecule has 0 saturated heterocycles. The van der Waals surface area contributed by atoms with Crippen molar-refractivity contribution in [1.82, 2.24) is 4.98 Å². The number of aromatic nitrogens is 2. The number of thiazole rings is 1. The van der Waals surface area contributed by atoms with Gasteiger partial charge in [0.1, 0.15) is 5.01 Å². The first-order chi connectivity index (χ1) is 9.31. The molecule has 0 atom stereocenters. The molecule has 2 nitrogen and oxygen atoms in total. The summed E-state index contributed by atoms with van der Waals surface area (Å²) in [5.74, 6) is 0. The van der Waals surface area contributed by atoms with Gasteiger partial charge in [-0.05, 0) is 6.92 Å². The van der Waals surface area contributed by atoms with E-state index in [9.17, 15) is 0 Å². The Hall–Kier alpha value is -2.00. The summed E-state index contributed by atoms with van der Waals surface area (Å²) in [5, 5.41) is 3.17. The lowest BCUT2D eigenvalue weighted by Gasteiger charge is -1.98. The fourth-order valence-electron chi connectivity index (χ4n) is 1.99. The fourth-order valence-corrected chi connectivity index (χ4v) is 2.79. The monoisotopic (exact) mass is 267 g/mol. The molecule has 3 aromatic rings. The Balaban J connectivity index is 1.79. The second-order valence-electron chi connectivity index (χ2n) is 4.54. The maximum absolute atomic E-state index is 4.50. The molecule has 94 valence electrons. The highest BCUT2D eigenvalue weighted by Gasteiger charge is 2.06. The number of aryl methyl sites for hydroxylation is 1. The first kappa shape index (κ1) is 12.1. The Bertz CT molecular complexity index is 657. The Morgan fingerprint density at radius 3 is 2.42 bits per heavy atom. The van der Waals surface area contributed by atoms with E-state index in [1.165, 1.54) is 11.1 Å². The molecule has 0 spiro atoms. The summed E-state index contributed by atoms with van der Waals surface area (Å²) in [6.07, 6.45) is 4.22. The molecule has 0 aliphatic rings. The number of rotatable bonds is 3.